The van der Waals surface area contributed by atoms with Crippen LogP contribution >= 0.6 is 0 Å². The van der Waals surface area contributed by atoms with Crippen LogP contribution in [0.1, 0.15) is 71.8 Å². The van der Waals surface area contributed by atoms with Gasteiger partial charge in [0.1, 0.15) is 18.7 Å². The van der Waals surface area contributed by atoms with Crippen LogP contribution in [-0.4, -0.2) is 89.0 Å². The van der Waals surface area contributed by atoms with E-state index in [0.717, 1.165) is 4.90 Å². The maximum absolute atomic E-state index is 13.4. The molecule has 0 bridgehead atoms. The van der Waals surface area contributed by atoms with Crippen molar-refractivity contribution in [2.24, 2.45) is 11.7 Å². The van der Waals surface area contributed by atoms with Crippen LogP contribution in [0.2, 0.25) is 0 Å². The van der Waals surface area contributed by atoms with Gasteiger partial charge < -0.3 is 42.2 Å². The first-order chi connectivity index (χ1) is 23.1. The second-order valence-corrected chi connectivity index (χ2v) is 12.7. The summed E-state index contributed by atoms with van der Waals surface area (Å²) in [7, 11) is 0. The molecule has 16 nitrogen and oxygen atoms in total. The summed E-state index contributed by atoms with van der Waals surface area (Å²) >= 11 is 0. The van der Waals surface area contributed by atoms with Gasteiger partial charge in [0.2, 0.25) is 17.7 Å². The van der Waals surface area contributed by atoms with Gasteiger partial charge >= 0.3 is 12.1 Å². The van der Waals surface area contributed by atoms with Crippen LogP contribution in [0.25, 0.3) is 0 Å². The number of carbonyl (C=O) groups is 7. The molecule has 49 heavy (non-hydrogen) atoms. The molecule has 1 heterocycles. The highest BCUT2D eigenvalue weighted by molar-refractivity contribution is 6.12. The standard InChI is InChI=1S/C33H49N7O9/c1-21(2)28(38-25(42)10-6-5-7-18-40-26(43)15-16-27(40)44)30(46)37-24(9-8-17-35-31(34)47)29(45)36-23-13-11-22(12-14-23)19-49-32(48)39-33(3,4)20-41/h11-16,21,24,28,41H,5-10,17-20H2,1-4H3,(H,36,45)(H,37,46)(H,38,42)(H,39,48)(H3,34,35,47)/t24-,28?/m0/s1. The van der Waals surface area contributed by atoms with Crippen LogP contribution in [0.5, 0.6) is 0 Å². The molecule has 0 saturated carbocycles. The summed E-state index contributed by atoms with van der Waals surface area (Å²) in [6, 6.07) is 3.84. The maximum Gasteiger partial charge on any atom is 0.407 e. The normalized spacial score (nSPS) is 13.9. The third-order valence-corrected chi connectivity index (χ3v) is 7.48. The fraction of sp³-hybridized carbons (Fsp3) is 0.545. The number of unbranched alkanes of at least 4 members (excludes halogenated alkanes) is 2. The third-order valence-electron chi connectivity index (χ3n) is 7.48. The number of benzene rings is 1. The lowest BCUT2D eigenvalue weighted by atomic mass is 10.0. The lowest BCUT2D eigenvalue weighted by molar-refractivity contribution is -0.137. The van der Waals surface area contributed by atoms with E-state index < -0.39 is 41.6 Å². The van der Waals surface area contributed by atoms with Crippen molar-refractivity contribution < 1.29 is 43.4 Å². The van der Waals surface area contributed by atoms with Gasteiger partial charge in [0.15, 0.2) is 0 Å². The number of primary amides is 1. The fourth-order valence-electron chi connectivity index (χ4n) is 4.63. The molecular weight excluding hydrogens is 638 g/mol. The van der Waals surface area contributed by atoms with Crippen molar-refractivity contribution in [1.82, 2.24) is 26.2 Å². The Balaban J connectivity index is 1.95. The number of urea groups is 1. The molecule has 0 fully saturated rings. The minimum atomic E-state index is -1.02. The van der Waals surface area contributed by atoms with E-state index in [4.69, 9.17) is 10.5 Å². The zero-order chi connectivity index (χ0) is 36.6. The molecule has 2 rings (SSSR count). The molecule has 1 aromatic carbocycles. The highest BCUT2D eigenvalue weighted by atomic mass is 16.5. The number of hydrogen-bond donors (Lipinski definition) is 7. The molecule has 16 heteroatoms. The SMILES string of the molecule is CC(C)C(NC(=O)CCCCCN1C(=O)C=CC1=O)C(=O)N[C@@H](CCCNC(N)=O)C(=O)Nc1ccc(COC(=O)NC(C)(C)CO)cc1. The quantitative estimate of drug-likeness (QED) is 0.0768. The molecule has 0 aliphatic carbocycles. The Morgan fingerprint density at radius 2 is 1.57 bits per heavy atom. The Labute approximate surface area is 285 Å². The number of aliphatic hydroxyl groups is 1. The first kappa shape index (κ1) is 40.2. The fourth-order valence-corrected chi connectivity index (χ4v) is 4.63. The number of amides is 8. The molecule has 1 aliphatic heterocycles. The number of carbonyl (C=O) groups excluding carboxylic acids is 7. The number of aliphatic hydroxyl groups excluding tert-OH is 1. The number of ether oxygens (including phenoxy) is 1. The van der Waals surface area contributed by atoms with Crippen LogP contribution in [0.3, 0.4) is 0 Å². The zero-order valence-electron chi connectivity index (χ0n) is 28.5. The summed E-state index contributed by atoms with van der Waals surface area (Å²) in [6.45, 7) is 6.94. The highest BCUT2D eigenvalue weighted by Gasteiger charge is 2.29. The first-order valence-corrected chi connectivity index (χ1v) is 16.2. The highest BCUT2D eigenvalue weighted by Crippen LogP contribution is 2.14. The lowest BCUT2D eigenvalue weighted by Gasteiger charge is -2.25. The van der Waals surface area contributed by atoms with Crippen molar-refractivity contribution in [2.45, 2.75) is 90.4 Å². The Kier molecular flexibility index (Phi) is 16.2. The number of nitrogens with one attached hydrogen (secondary N) is 5. The summed E-state index contributed by atoms with van der Waals surface area (Å²) in [5.74, 6) is -2.45. The van der Waals surface area contributed by atoms with Crippen LogP contribution in [0.15, 0.2) is 36.4 Å². The van der Waals surface area contributed by atoms with E-state index in [-0.39, 0.29) is 62.8 Å². The molecule has 1 aliphatic rings. The molecule has 1 unspecified atom stereocenters. The predicted octanol–water partition coefficient (Wildman–Crippen LogP) is 1.18. The second-order valence-electron chi connectivity index (χ2n) is 12.7. The van der Waals surface area contributed by atoms with E-state index in [1.165, 1.54) is 12.2 Å². The molecular formula is C33H49N7O9. The molecule has 0 saturated heterocycles. The van der Waals surface area contributed by atoms with E-state index in [1.54, 1.807) is 52.0 Å². The Morgan fingerprint density at radius 3 is 2.16 bits per heavy atom. The van der Waals surface area contributed by atoms with Gasteiger partial charge in [-0.3, -0.25) is 28.9 Å². The topological polar surface area (TPSA) is 238 Å². The van der Waals surface area contributed by atoms with Crippen LogP contribution in [-0.2, 0) is 35.3 Å². The van der Waals surface area contributed by atoms with Crippen LogP contribution in [0, 0.1) is 5.92 Å². The largest absolute Gasteiger partial charge is 0.445 e. The molecule has 8 amide bonds. The minimum Gasteiger partial charge on any atom is -0.445 e. The van der Waals surface area contributed by atoms with Gasteiger partial charge in [0.05, 0.1) is 12.1 Å². The Bertz CT molecular complexity index is 1340. The summed E-state index contributed by atoms with van der Waals surface area (Å²) in [5.41, 5.74) is 5.35. The first-order valence-electron chi connectivity index (χ1n) is 16.2. The average molecular weight is 688 g/mol. The summed E-state index contributed by atoms with van der Waals surface area (Å²) in [4.78, 5) is 86.9. The maximum atomic E-state index is 13.4. The van der Waals surface area contributed by atoms with Gasteiger partial charge in [0.25, 0.3) is 11.8 Å². The molecule has 0 radical (unpaired) electrons. The number of imide groups is 1. The number of hydrogen-bond acceptors (Lipinski definition) is 9. The van der Waals surface area contributed by atoms with E-state index in [1.807, 2.05) is 0 Å². The van der Waals surface area contributed by atoms with Gasteiger partial charge in [0, 0.05) is 37.3 Å². The molecule has 270 valence electrons. The van der Waals surface area contributed by atoms with Crippen molar-refractivity contribution in [3.05, 3.63) is 42.0 Å². The minimum absolute atomic E-state index is 0.0479. The predicted molar refractivity (Wildman–Crippen MR) is 179 cm³/mol. The lowest BCUT2D eigenvalue weighted by Crippen LogP contribution is -2.54. The number of nitrogens with two attached hydrogens (primary N) is 1. The van der Waals surface area contributed by atoms with Gasteiger partial charge in [-0.2, -0.15) is 0 Å². The van der Waals surface area contributed by atoms with Crippen molar-refractivity contribution in [1.29, 1.82) is 0 Å². The van der Waals surface area contributed by atoms with Crippen molar-refractivity contribution in [3.8, 4) is 0 Å². The van der Waals surface area contributed by atoms with E-state index >= 15 is 0 Å². The molecule has 1 aromatic rings. The number of rotatable bonds is 20. The van der Waals surface area contributed by atoms with Gasteiger partial charge in [-0.05, 0) is 63.1 Å². The Morgan fingerprint density at radius 1 is 0.918 bits per heavy atom. The Hall–Kier alpha value is -4.99. The average Bonchev–Trinajstić information content (AvgIpc) is 3.36. The number of nitrogens with zero attached hydrogens (tertiary/aromatic N) is 1. The molecule has 2 atom stereocenters. The second kappa shape index (κ2) is 19.7. The number of anilines is 1. The van der Waals surface area contributed by atoms with Crippen molar-refractivity contribution in [2.75, 3.05) is 25.0 Å². The molecule has 0 aromatic heterocycles. The van der Waals surface area contributed by atoms with Crippen molar-refractivity contribution >= 4 is 47.3 Å². The molecule has 0 spiro atoms. The van der Waals surface area contributed by atoms with Crippen molar-refractivity contribution in [3.63, 3.8) is 0 Å². The monoisotopic (exact) mass is 687 g/mol. The molecule has 8 N–H and O–H groups in total. The van der Waals surface area contributed by atoms with Gasteiger partial charge in [-0.25, -0.2) is 9.59 Å². The van der Waals surface area contributed by atoms with E-state index in [9.17, 15) is 38.7 Å². The summed E-state index contributed by atoms with van der Waals surface area (Å²) in [5, 5.41) is 22.5. The van der Waals surface area contributed by atoms with E-state index in [0.29, 0.717) is 36.9 Å². The zero-order valence-corrected chi connectivity index (χ0v) is 28.5. The third kappa shape index (κ3) is 14.8. The van der Waals surface area contributed by atoms with E-state index in [2.05, 4.69) is 26.6 Å². The smallest absolute Gasteiger partial charge is 0.407 e. The van der Waals surface area contributed by atoms with Gasteiger partial charge in [-0.15, -0.1) is 0 Å². The number of alkyl carbamates (subject to hydrolysis) is 1. The van der Waals surface area contributed by atoms with Crippen LogP contribution < -0.4 is 32.3 Å². The van der Waals surface area contributed by atoms with Crippen LogP contribution in [0.4, 0.5) is 15.3 Å². The summed E-state index contributed by atoms with van der Waals surface area (Å²) < 4.78 is 5.18. The summed E-state index contributed by atoms with van der Waals surface area (Å²) in [6.07, 6.45) is 3.97. The van der Waals surface area contributed by atoms with Gasteiger partial charge in [-0.1, -0.05) is 32.4 Å².